The second-order valence-electron chi connectivity index (χ2n) is 9.70. The summed E-state index contributed by atoms with van der Waals surface area (Å²) >= 11 is 0. The van der Waals surface area contributed by atoms with Gasteiger partial charge in [-0.15, -0.1) is 0 Å². The van der Waals surface area contributed by atoms with Crippen molar-refractivity contribution >= 4 is 23.4 Å². The molecule has 4 rings (SSSR count). The van der Waals surface area contributed by atoms with Crippen LogP contribution < -0.4 is 4.90 Å². The van der Waals surface area contributed by atoms with Gasteiger partial charge in [0, 0.05) is 42.9 Å². The summed E-state index contributed by atoms with van der Waals surface area (Å²) in [4.78, 5) is 43.3. The zero-order valence-corrected chi connectivity index (χ0v) is 21.6. The average Bonchev–Trinajstić information content (AvgIpc) is 3.15. The molecular weight excluding hydrogens is 509 g/mol. The highest BCUT2D eigenvalue weighted by Gasteiger charge is 2.39. The molecule has 0 saturated carbocycles. The second kappa shape index (κ2) is 11.8. The van der Waals surface area contributed by atoms with Gasteiger partial charge in [-0.2, -0.15) is 18.4 Å². The van der Waals surface area contributed by atoms with Crippen molar-refractivity contribution in [1.29, 1.82) is 5.26 Å². The number of piperazine rings is 1. The van der Waals surface area contributed by atoms with Crippen molar-refractivity contribution in [3.05, 3.63) is 76.4 Å². The Labute approximate surface area is 225 Å². The Morgan fingerprint density at radius 1 is 0.949 bits per heavy atom. The van der Waals surface area contributed by atoms with E-state index in [0.717, 1.165) is 43.4 Å². The molecule has 0 N–H and O–H groups in total. The van der Waals surface area contributed by atoms with Crippen molar-refractivity contribution in [2.75, 3.05) is 37.6 Å². The predicted octanol–water partition coefficient (Wildman–Crippen LogP) is 4.79. The smallest absolute Gasteiger partial charge is 0.336 e. The first kappa shape index (κ1) is 28.0. The number of alkyl halides is 3. The maximum absolute atomic E-state index is 13.4. The van der Waals surface area contributed by atoms with E-state index in [1.54, 1.807) is 0 Å². The third-order valence-electron chi connectivity index (χ3n) is 7.21. The lowest BCUT2D eigenvalue weighted by Crippen LogP contribution is -2.48. The number of nitrogens with zero attached hydrogens (tertiary/aromatic N) is 4. The van der Waals surface area contributed by atoms with Crippen molar-refractivity contribution in [1.82, 2.24) is 9.80 Å². The van der Waals surface area contributed by atoms with Gasteiger partial charge in [0.2, 0.25) is 0 Å². The minimum absolute atomic E-state index is 0.0411. The fourth-order valence-electron chi connectivity index (χ4n) is 4.97. The van der Waals surface area contributed by atoms with Crippen LogP contribution in [0.25, 0.3) is 0 Å². The van der Waals surface area contributed by atoms with Crippen LogP contribution in [0.2, 0.25) is 0 Å². The summed E-state index contributed by atoms with van der Waals surface area (Å²) in [7, 11) is 0. The third kappa shape index (κ3) is 6.20. The van der Waals surface area contributed by atoms with E-state index >= 15 is 0 Å². The number of benzene rings is 2. The summed E-state index contributed by atoms with van der Waals surface area (Å²) in [5.74, 6) is -1.22. The summed E-state index contributed by atoms with van der Waals surface area (Å²) in [6.45, 7) is 5.27. The van der Waals surface area contributed by atoms with Gasteiger partial charge in [-0.25, -0.2) is 4.90 Å². The Balaban J connectivity index is 1.25. The number of amides is 3. The molecule has 1 fully saturated rings. The zero-order valence-electron chi connectivity index (χ0n) is 21.6. The molecule has 2 aliphatic heterocycles. The highest BCUT2D eigenvalue weighted by Crippen LogP contribution is 2.37. The molecule has 2 heterocycles. The van der Waals surface area contributed by atoms with Gasteiger partial charge in [0.1, 0.15) is 0 Å². The Kier molecular flexibility index (Phi) is 8.51. The highest BCUT2D eigenvalue weighted by molar-refractivity contribution is 6.32. The molecule has 0 bridgehead atoms. The Morgan fingerprint density at radius 2 is 1.64 bits per heavy atom. The van der Waals surface area contributed by atoms with E-state index in [-0.39, 0.29) is 17.2 Å². The zero-order chi connectivity index (χ0) is 28.2. The van der Waals surface area contributed by atoms with Gasteiger partial charge in [0.15, 0.2) is 0 Å². The second-order valence-corrected chi connectivity index (χ2v) is 9.70. The summed E-state index contributed by atoms with van der Waals surface area (Å²) in [6.07, 6.45) is -2.07. The van der Waals surface area contributed by atoms with Crippen LogP contribution in [0.1, 0.15) is 54.1 Å². The van der Waals surface area contributed by atoms with Crippen LogP contribution in [-0.4, -0.2) is 60.2 Å². The summed E-state index contributed by atoms with van der Waals surface area (Å²) < 4.78 is 40.1. The van der Waals surface area contributed by atoms with Gasteiger partial charge >= 0.3 is 6.18 Å². The fourth-order valence-corrected chi connectivity index (χ4v) is 4.97. The lowest BCUT2D eigenvalue weighted by atomic mass is 10.0. The van der Waals surface area contributed by atoms with Crippen LogP contribution in [0.5, 0.6) is 0 Å². The largest absolute Gasteiger partial charge is 0.417 e. The first-order valence-electron chi connectivity index (χ1n) is 12.9. The number of nitriles is 1. The van der Waals surface area contributed by atoms with Crippen LogP contribution in [0.3, 0.4) is 0 Å². The minimum atomic E-state index is -4.79. The van der Waals surface area contributed by atoms with Gasteiger partial charge in [-0.1, -0.05) is 24.6 Å². The normalized spacial score (nSPS) is 16.7. The maximum Gasteiger partial charge on any atom is 0.417 e. The van der Waals surface area contributed by atoms with E-state index in [4.69, 9.17) is 5.26 Å². The molecular formula is C29H29F3N4O3. The van der Waals surface area contributed by atoms with Gasteiger partial charge < -0.3 is 4.90 Å². The van der Waals surface area contributed by atoms with E-state index in [2.05, 4.69) is 4.90 Å². The van der Waals surface area contributed by atoms with Gasteiger partial charge in [-0.3, -0.25) is 19.3 Å². The standard InChI is InChI=1S/C29H29F3N4O3/c1-20-24(28(39)36(26(20)37)23-12-11-22(19-33)25(18-23)29(30,31)32)10-6-3-7-13-34-14-16-35(17-15-34)27(38)21-8-4-2-5-9-21/h2,4-5,8-9,11-12,18H,3,6-7,10,13-17H2,1H3. The number of halogens is 3. The van der Waals surface area contributed by atoms with E-state index in [0.29, 0.717) is 43.1 Å². The Hall–Kier alpha value is -3.97. The van der Waals surface area contributed by atoms with Crippen molar-refractivity contribution < 1.29 is 27.6 Å². The number of carbonyl (C=O) groups excluding carboxylic acids is 3. The SMILES string of the molecule is CC1=C(CCCCCN2CCN(C(=O)c3ccccc3)CC2)C(=O)N(c2ccc(C#N)c(C(F)(F)F)c2)C1=O. The van der Waals surface area contributed by atoms with E-state index in [9.17, 15) is 27.6 Å². The molecule has 2 aromatic carbocycles. The third-order valence-corrected chi connectivity index (χ3v) is 7.21. The number of carbonyl (C=O) groups is 3. The van der Waals surface area contributed by atoms with Crippen LogP contribution >= 0.6 is 0 Å². The van der Waals surface area contributed by atoms with Crippen molar-refractivity contribution in [2.24, 2.45) is 0 Å². The predicted molar refractivity (Wildman–Crippen MR) is 139 cm³/mol. The molecule has 0 atom stereocenters. The van der Waals surface area contributed by atoms with E-state index in [1.165, 1.54) is 19.1 Å². The molecule has 7 nitrogen and oxygen atoms in total. The number of hydrogen-bond donors (Lipinski definition) is 0. The van der Waals surface area contributed by atoms with Gasteiger partial charge in [0.25, 0.3) is 17.7 Å². The number of imide groups is 1. The van der Waals surface area contributed by atoms with Crippen molar-refractivity contribution in [3.8, 4) is 6.07 Å². The summed E-state index contributed by atoms with van der Waals surface area (Å²) in [6, 6.07) is 13.6. The van der Waals surface area contributed by atoms with Gasteiger partial charge in [0.05, 0.1) is 22.9 Å². The average molecular weight is 539 g/mol. The maximum atomic E-state index is 13.4. The summed E-state index contributed by atoms with van der Waals surface area (Å²) in [5, 5.41) is 9.00. The van der Waals surface area contributed by atoms with Crippen molar-refractivity contribution in [2.45, 2.75) is 38.8 Å². The first-order chi connectivity index (χ1) is 18.6. The van der Waals surface area contributed by atoms with Crippen LogP contribution in [-0.2, 0) is 15.8 Å². The highest BCUT2D eigenvalue weighted by atomic mass is 19.4. The number of rotatable bonds is 8. The monoisotopic (exact) mass is 538 g/mol. The Bertz CT molecular complexity index is 1320. The summed E-state index contributed by atoms with van der Waals surface area (Å²) in [5.41, 5.74) is -0.716. The van der Waals surface area contributed by atoms with Crippen molar-refractivity contribution in [3.63, 3.8) is 0 Å². The van der Waals surface area contributed by atoms with Crippen LogP contribution in [0.15, 0.2) is 59.7 Å². The molecule has 10 heteroatoms. The molecule has 2 aliphatic rings. The molecule has 3 amide bonds. The molecule has 1 saturated heterocycles. The first-order valence-corrected chi connectivity index (χ1v) is 12.9. The van der Waals surface area contributed by atoms with E-state index < -0.39 is 29.1 Å². The molecule has 0 aliphatic carbocycles. The molecule has 0 radical (unpaired) electrons. The number of anilines is 1. The lowest BCUT2D eigenvalue weighted by molar-refractivity contribution is -0.138. The molecule has 204 valence electrons. The lowest BCUT2D eigenvalue weighted by Gasteiger charge is -2.34. The quantitative estimate of drug-likeness (QED) is 0.357. The van der Waals surface area contributed by atoms with E-state index in [1.807, 2.05) is 35.2 Å². The molecule has 2 aromatic rings. The molecule has 39 heavy (non-hydrogen) atoms. The number of hydrogen-bond acceptors (Lipinski definition) is 5. The Morgan fingerprint density at radius 3 is 2.28 bits per heavy atom. The fraction of sp³-hybridized carbons (Fsp3) is 0.379. The van der Waals surface area contributed by atoms with Crippen LogP contribution in [0, 0.1) is 11.3 Å². The van der Waals surface area contributed by atoms with Gasteiger partial charge in [-0.05, 0) is 63.1 Å². The van der Waals surface area contributed by atoms with Crippen LogP contribution in [0.4, 0.5) is 18.9 Å². The topological polar surface area (TPSA) is 84.7 Å². The minimum Gasteiger partial charge on any atom is -0.336 e. The molecule has 0 unspecified atom stereocenters. The number of unbranched alkanes of at least 4 members (excludes halogenated alkanes) is 2. The molecule has 0 aromatic heterocycles. The molecule has 0 spiro atoms.